The number of phosphoric acid groups is 1. The monoisotopic (exact) mass is 712 g/mol. The van der Waals surface area contributed by atoms with E-state index in [0.717, 1.165) is 57.8 Å². The first-order chi connectivity index (χ1) is 23.5. The molecule has 0 heterocycles. The first-order valence-corrected chi connectivity index (χ1v) is 21.0. The third-order valence-electron chi connectivity index (χ3n) is 8.25. The van der Waals surface area contributed by atoms with Crippen molar-refractivity contribution >= 4 is 13.7 Å². The van der Waals surface area contributed by atoms with Gasteiger partial charge in [0.15, 0.2) is 0 Å². The molecule has 0 radical (unpaired) electrons. The maximum Gasteiger partial charge on any atom is 0.472 e. The lowest BCUT2D eigenvalue weighted by molar-refractivity contribution is -0.870. The van der Waals surface area contributed by atoms with Gasteiger partial charge in [0.25, 0.3) is 0 Å². The molecular weight excluding hydrogens is 635 g/mol. The van der Waals surface area contributed by atoms with Gasteiger partial charge < -0.3 is 19.8 Å². The van der Waals surface area contributed by atoms with Crippen LogP contribution in [0.5, 0.6) is 0 Å². The molecule has 0 bridgehead atoms. The number of unbranched alkanes of at least 4 members (excludes halogenated alkanes) is 15. The number of nitrogens with zero attached hydrogens (tertiary/aromatic N) is 1. The van der Waals surface area contributed by atoms with Crippen molar-refractivity contribution in [3.63, 3.8) is 0 Å². The van der Waals surface area contributed by atoms with Crippen LogP contribution in [0, 0.1) is 0 Å². The quantitative estimate of drug-likeness (QED) is 0.0266. The number of carbonyl (C=O) groups is 1. The molecule has 0 aromatic carbocycles. The van der Waals surface area contributed by atoms with E-state index in [1.165, 1.54) is 70.6 Å². The summed E-state index contributed by atoms with van der Waals surface area (Å²) in [6.07, 6.45) is 38.9. The maximum absolute atomic E-state index is 12.8. The maximum atomic E-state index is 12.8. The number of allylic oxidation sites excluding steroid dienone is 7. The second-order valence-corrected chi connectivity index (χ2v) is 15.7. The highest BCUT2D eigenvalue weighted by molar-refractivity contribution is 7.47. The summed E-state index contributed by atoms with van der Waals surface area (Å²) in [6, 6.07) is -0.875. The summed E-state index contributed by atoms with van der Waals surface area (Å²) in [4.78, 5) is 23.0. The average molecular weight is 712 g/mol. The predicted octanol–water partition coefficient (Wildman–Crippen LogP) is 10.1. The summed E-state index contributed by atoms with van der Waals surface area (Å²) in [6.45, 7) is 4.71. The van der Waals surface area contributed by atoms with E-state index in [1.807, 2.05) is 27.2 Å². The second-order valence-electron chi connectivity index (χ2n) is 14.3. The second kappa shape index (κ2) is 32.4. The fourth-order valence-corrected chi connectivity index (χ4v) is 5.80. The average Bonchev–Trinajstić information content (AvgIpc) is 3.04. The Bertz CT molecular complexity index is 944. The number of aliphatic hydroxyl groups is 1. The SMILES string of the molecule is CCCCCC/C=C/CC/C=C/CC/C=C/C(O)C(COP(=O)(O)OCC[N+](C)(C)C)NC(=O)CCCCC/C=C\CCCCCCCC. The molecule has 0 aliphatic heterocycles. The first kappa shape index (κ1) is 47.5. The molecular formula is C40H76N2O6P+. The summed E-state index contributed by atoms with van der Waals surface area (Å²) in [5.41, 5.74) is 0. The topological polar surface area (TPSA) is 105 Å². The minimum absolute atomic E-state index is 0.0495. The lowest BCUT2D eigenvalue weighted by Crippen LogP contribution is -2.45. The number of hydrogen-bond acceptors (Lipinski definition) is 5. The number of likely N-dealkylation sites (N-methyl/N-ethyl adjacent to an activating group) is 1. The zero-order chi connectivity index (χ0) is 36.5. The van der Waals surface area contributed by atoms with E-state index in [9.17, 15) is 19.4 Å². The fraction of sp³-hybridized carbons (Fsp3) is 0.775. The van der Waals surface area contributed by atoms with Crippen LogP contribution in [0.1, 0.15) is 149 Å². The van der Waals surface area contributed by atoms with Gasteiger partial charge in [-0.25, -0.2) is 4.57 Å². The number of aliphatic hydroxyl groups excluding tert-OH is 1. The molecule has 3 unspecified atom stereocenters. The summed E-state index contributed by atoms with van der Waals surface area (Å²) in [5, 5.41) is 13.7. The van der Waals surface area contributed by atoms with Gasteiger partial charge in [-0.15, -0.1) is 0 Å². The summed E-state index contributed by atoms with van der Waals surface area (Å²) in [7, 11) is 1.53. The molecule has 3 N–H and O–H groups in total. The molecule has 0 aromatic heterocycles. The predicted molar refractivity (Wildman–Crippen MR) is 207 cm³/mol. The summed E-state index contributed by atoms with van der Waals surface area (Å²) >= 11 is 0. The van der Waals surface area contributed by atoms with Crippen LogP contribution in [0.4, 0.5) is 0 Å². The van der Waals surface area contributed by atoms with Gasteiger partial charge in [0, 0.05) is 6.42 Å². The van der Waals surface area contributed by atoms with Crippen LogP contribution in [0.2, 0.25) is 0 Å². The molecule has 0 aliphatic rings. The molecule has 286 valence electrons. The van der Waals surface area contributed by atoms with Crippen LogP contribution in [0.15, 0.2) is 48.6 Å². The summed E-state index contributed by atoms with van der Waals surface area (Å²) < 4.78 is 23.4. The Labute approximate surface area is 301 Å². The molecule has 0 saturated heterocycles. The molecule has 0 spiro atoms. The molecule has 49 heavy (non-hydrogen) atoms. The number of quaternary nitrogens is 1. The molecule has 8 nitrogen and oxygen atoms in total. The Morgan fingerprint density at radius 3 is 1.65 bits per heavy atom. The third kappa shape index (κ3) is 34.7. The minimum Gasteiger partial charge on any atom is -0.387 e. The zero-order valence-corrected chi connectivity index (χ0v) is 33.1. The van der Waals surface area contributed by atoms with Crippen LogP contribution in [-0.2, 0) is 18.4 Å². The standard InChI is InChI=1S/C40H75N2O6P/c1-6-8-10-12-14-16-18-20-22-23-25-27-29-31-33-39(43)38(37-48-49(45,46)47-36-35-42(3,4)5)41-40(44)34-32-30-28-26-24-21-19-17-15-13-11-9-7-2/h16,18,21,23-25,31,33,38-39,43H,6-15,17,19-20,22,26-30,32,34-37H2,1-5H3,(H-,41,44,45,46)/p+1/b18-16+,24-21-,25-23+,33-31+. The largest absolute Gasteiger partial charge is 0.472 e. The van der Waals surface area contributed by atoms with Crippen molar-refractivity contribution in [2.24, 2.45) is 0 Å². The van der Waals surface area contributed by atoms with Crippen molar-refractivity contribution in [2.75, 3.05) is 40.9 Å². The van der Waals surface area contributed by atoms with Crippen molar-refractivity contribution in [1.82, 2.24) is 5.32 Å². The molecule has 0 fully saturated rings. The summed E-state index contributed by atoms with van der Waals surface area (Å²) in [5.74, 6) is -0.212. The van der Waals surface area contributed by atoms with Crippen molar-refractivity contribution in [2.45, 2.75) is 161 Å². The first-order valence-electron chi connectivity index (χ1n) is 19.5. The fourth-order valence-electron chi connectivity index (χ4n) is 5.06. The number of hydrogen-bond donors (Lipinski definition) is 3. The Kier molecular flexibility index (Phi) is 31.4. The van der Waals surface area contributed by atoms with Gasteiger partial charge in [-0.2, -0.15) is 0 Å². The van der Waals surface area contributed by atoms with Gasteiger partial charge in [-0.05, 0) is 70.6 Å². The highest BCUT2D eigenvalue weighted by Gasteiger charge is 2.27. The highest BCUT2D eigenvalue weighted by atomic mass is 31.2. The van der Waals surface area contributed by atoms with Gasteiger partial charge >= 0.3 is 7.82 Å². The number of nitrogens with one attached hydrogen (secondary N) is 1. The molecule has 0 aromatic rings. The number of phosphoric ester groups is 1. The van der Waals surface area contributed by atoms with Crippen molar-refractivity contribution in [1.29, 1.82) is 0 Å². The molecule has 0 rings (SSSR count). The van der Waals surface area contributed by atoms with E-state index in [2.05, 4.69) is 55.6 Å². The van der Waals surface area contributed by atoms with Gasteiger partial charge in [0.05, 0.1) is 39.9 Å². The van der Waals surface area contributed by atoms with E-state index in [0.29, 0.717) is 17.4 Å². The third-order valence-corrected chi connectivity index (χ3v) is 9.23. The number of amides is 1. The van der Waals surface area contributed by atoms with Gasteiger partial charge in [0.2, 0.25) is 5.91 Å². The van der Waals surface area contributed by atoms with Crippen molar-refractivity contribution in [3.8, 4) is 0 Å². The van der Waals surface area contributed by atoms with E-state index in [1.54, 1.807) is 6.08 Å². The van der Waals surface area contributed by atoms with Crippen LogP contribution in [-0.4, -0.2) is 73.4 Å². The number of rotatable bonds is 34. The lowest BCUT2D eigenvalue weighted by Gasteiger charge is -2.25. The van der Waals surface area contributed by atoms with Gasteiger partial charge in [0.1, 0.15) is 13.2 Å². The Morgan fingerprint density at radius 2 is 1.12 bits per heavy atom. The van der Waals surface area contributed by atoms with E-state index >= 15 is 0 Å². The Balaban J connectivity index is 4.65. The zero-order valence-electron chi connectivity index (χ0n) is 32.2. The molecule has 0 aliphatic carbocycles. The molecule has 1 amide bonds. The molecule has 9 heteroatoms. The van der Waals surface area contributed by atoms with E-state index < -0.39 is 20.0 Å². The highest BCUT2D eigenvalue weighted by Crippen LogP contribution is 2.43. The van der Waals surface area contributed by atoms with E-state index in [-0.39, 0.29) is 19.1 Å². The van der Waals surface area contributed by atoms with Crippen LogP contribution in [0.25, 0.3) is 0 Å². The van der Waals surface area contributed by atoms with Gasteiger partial charge in [-0.1, -0.05) is 120 Å². The Morgan fingerprint density at radius 1 is 0.673 bits per heavy atom. The smallest absolute Gasteiger partial charge is 0.387 e. The van der Waals surface area contributed by atoms with Gasteiger partial charge in [-0.3, -0.25) is 13.8 Å². The number of carbonyl (C=O) groups excluding carboxylic acids is 1. The molecule has 0 saturated carbocycles. The normalized spacial score (nSPS) is 15.2. The minimum atomic E-state index is -4.35. The van der Waals surface area contributed by atoms with Crippen molar-refractivity contribution in [3.05, 3.63) is 48.6 Å². The molecule has 3 atom stereocenters. The Hall–Kier alpha value is -1.54. The van der Waals surface area contributed by atoms with Crippen LogP contribution < -0.4 is 5.32 Å². The van der Waals surface area contributed by atoms with E-state index in [4.69, 9.17) is 9.05 Å². The van der Waals surface area contributed by atoms with Crippen LogP contribution >= 0.6 is 7.82 Å². The van der Waals surface area contributed by atoms with Crippen LogP contribution in [0.3, 0.4) is 0 Å². The lowest BCUT2D eigenvalue weighted by atomic mass is 10.1. The van der Waals surface area contributed by atoms with Crippen molar-refractivity contribution < 1.29 is 32.9 Å².